The highest BCUT2D eigenvalue weighted by Crippen LogP contribution is 2.48. The van der Waals surface area contributed by atoms with Gasteiger partial charge in [-0.3, -0.25) is 0 Å². The molecule has 2 aliphatic rings. The van der Waals surface area contributed by atoms with E-state index in [2.05, 4.69) is 19.2 Å². The summed E-state index contributed by atoms with van der Waals surface area (Å²) in [6.45, 7) is 7.19. The van der Waals surface area contributed by atoms with Crippen LogP contribution in [0.5, 0.6) is 0 Å². The fraction of sp³-hybridized carbons (Fsp3) is 1.00. The molecule has 15 heavy (non-hydrogen) atoms. The third kappa shape index (κ3) is 3.48. The second kappa shape index (κ2) is 5.34. The molecule has 1 N–H and O–H groups in total. The van der Waals surface area contributed by atoms with Crippen molar-refractivity contribution in [1.82, 2.24) is 5.32 Å². The van der Waals surface area contributed by atoms with Crippen LogP contribution in [0, 0.1) is 23.7 Å². The van der Waals surface area contributed by atoms with Gasteiger partial charge in [-0.1, -0.05) is 26.7 Å². The lowest BCUT2D eigenvalue weighted by Gasteiger charge is -2.19. The summed E-state index contributed by atoms with van der Waals surface area (Å²) >= 11 is 0. The Morgan fingerprint density at radius 2 is 1.47 bits per heavy atom. The first-order valence-electron chi connectivity index (χ1n) is 7.05. The van der Waals surface area contributed by atoms with Gasteiger partial charge in [-0.15, -0.1) is 0 Å². The number of nitrogens with one attached hydrogen (secondary N) is 1. The standard InChI is InChI=1S/C14H27N/c1-3-11(4-2)9-15-10-14(12-5-6-12)13-7-8-13/h11-15H,3-10H2,1-2H3. The summed E-state index contributed by atoms with van der Waals surface area (Å²) in [5, 5.41) is 3.73. The van der Waals surface area contributed by atoms with E-state index in [0.29, 0.717) is 0 Å². The molecule has 0 aromatic rings. The molecule has 0 saturated heterocycles. The van der Waals surface area contributed by atoms with Gasteiger partial charge < -0.3 is 5.32 Å². The zero-order valence-corrected chi connectivity index (χ0v) is 10.5. The molecule has 88 valence electrons. The van der Waals surface area contributed by atoms with E-state index >= 15 is 0 Å². The average Bonchev–Trinajstić information content (AvgIpc) is 3.12. The van der Waals surface area contributed by atoms with Crippen LogP contribution >= 0.6 is 0 Å². The summed E-state index contributed by atoms with van der Waals surface area (Å²) in [6, 6.07) is 0. The van der Waals surface area contributed by atoms with E-state index in [1.54, 1.807) is 0 Å². The zero-order valence-electron chi connectivity index (χ0n) is 10.5. The van der Waals surface area contributed by atoms with Gasteiger partial charge in [-0.2, -0.15) is 0 Å². The van der Waals surface area contributed by atoms with Crippen molar-refractivity contribution in [2.24, 2.45) is 23.7 Å². The molecule has 2 aliphatic carbocycles. The highest BCUT2D eigenvalue weighted by Gasteiger charge is 2.40. The lowest BCUT2D eigenvalue weighted by Crippen LogP contribution is -2.29. The van der Waals surface area contributed by atoms with Gasteiger partial charge in [-0.05, 0) is 62.4 Å². The molecule has 0 aliphatic heterocycles. The van der Waals surface area contributed by atoms with E-state index in [-0.39, 0.29) is 0 Å². The molecular formula is C14H27N. The fourth-order valence-corrected chi connectivity index (χ4v) is 2.80. The summed E-state index contributed by atoms with van der Waals surface area (Å²) in [5.41, 5.74) is 0. The molecule has 2 fully saturated rings. The first-order valence-corrected chi connectivity index (χ1v) is 7.05. The summed E-state index contributed by atoms with van der Waals surface area (Å²) in [7, 11) is 0. The van der Waals surface area contributed by atoms with Crippen molar-refractivity contribution in [2.75, 3.05) is 13.1 Å². The Labute approximate surface area is 95.0 Å². The topological polar surface area (TPSA) is 12.0 Å². The predicted molar refractivity (Wildman–Crippen MR) is 65.9 cm³/mol. The lowest BCUT2D eigenvalue weighted by molar-refractivity contribution is 0.354. The van der Waals surface area contributed by atoms with Crippen LogP contribution in [0.25, 0.3) is 0 Å². The molecule has 0 bridgehead atoms. The van der Waals surface area contributed by atoms with E-state index < -0.39 is 0 Å². The first-order chi connectivity index (χ1) is 7.35. The van der Waals surface area contributed by atoms with Crippen LogP contribution in [-0.2, 0) is 0 Å². The van der Waals surface area contributed by atoms with Crippen LogP contribution in [0.4, 0.5) is 0 Å². The quantitative estimate of drug-likeness (QED) is 0.645. The van der Waals surface area contributed by atoms with Gasteiger partial charge in [0.2, 0.25) is 0 Å². The SMILES string of the molecule is CCC(CC)CNCC(C1CC1)C1CC1. The molecule has 0 unspecified atom stereocenters. The number of hydrogen-bond donors (Lipinski definition) is 1. The van der Waals surface area contributed by atoms with E-state index in [0.717, 1.165) is 23.7 Å². The second-order valence-electron chi connectivity index (χ2n) is 5.68. The maximum absolute atomic E-state index is 3.73. The highest BCUT2D eigenvalue weighted by atomic mass is 14.9. The summed E-state index contributed by atoms with van der Waals surface area (Å²) < 4.78 is 0. The van der Waals surface area contributed by atoms with Crippen LogP contribution in [0.15, 0.2) is 0 Å². The van der Waals surface area contributed by atoms with Crippen molar-refractivity contribution in [3.8, 4) is 0 Å². The Balaban J connectivity index is 1.62. The van der Waals surface area contributed by atoms with Gasteiger partial charge in [-0.25, -0.2) is 0 Å². The van der Waals surface area contributed by atoms with Crippen LogP contribution < -0.4 is 5.32 Å². The van der Waals surface area contributed by atoms with Gasteiger partial charge in [0.1, 0.15) is 0 Å². The van der Waals surface area contributed by atoms with Crippen molar-refractivity contribution >= 4 is 0 Å². The first kappa shape index (κ1) is 11.4. The van der Waals surface area contributed by atoms with E-state index in [4.69, 9.17) is 0 Å². The largest absolute Gasteiger partial charge is 0.316 e. The molecule has 0 radical (unpaired) electrons. The number of rotatable bonds is 8. The van der Waals surface area contributed by atoms with Crippen molar-refractivity contribution in [3.63, 3.8) is 0 Å². The zero-order chi connectivity index (χ0) is 10.7. The second-order valence-corrected chi connectivity index (χ2v) is 5.68. The fourth-order valence-electron chi connectivity index (χ4n) is 2.80. The Morgan fingerprint density at radius 1 is 0.933 bits per heavy atom. The van der Waals surface area contributed by atoms with Crippen molar-refractivity contribution < 1.29 is 0 Å². The maximum Gasteiger partial charge on any atom is -0.00151 e. The normalized spacial score (nSPS) is 21.6. The Bertz CT molecular complexity index is 166. The minimum atomic E-state index is 0.907. The van der Waals surface area contributed by atoms with Gasteiger partial charge in [0.25, 0.3) is 0 Å². The Kier molecular flexibility index (Phi) is 4.07. The van der Waals surface area contributed by atoms with Crippen molar-refractivity contribution in [2.45, 2.75) is 52.4 Å². The molecule has 0 heterocycles. The third-order valence-corrected chi connectivity index (χ3v) is 4.42. The summed E-state index contributed by atoms with van der Waals surface area (Å²) in [4.78, 5) is 0. The van der Waals surface area contributed by atoms with Gasteiger partial charge in [0.05, 0.1) is 0 Å². The maximum atomic E-state index is 3.73. The Morgan fingerprint density at radius 3 is 1.87 bits per heavy atom. The lowest BCUT2D eigenvalue weighted by atomic mass is 9.97. The summed E-state index contributed by atoms with van der Waals surface area (Å²) in [6.07, 6.45) is 8.76. The molecule has 0 aromatic heterocycles. The van der Waals surface area contributed by atoms with Crippen molar-refractivity contribution in [1.29, 1.82) is 0 Å². The Hall–Kier alpha value is -0.0400. The van der Waals surface area contributed by atoms with Gasteiger partial charge >= 0.3 is 0 Å². The predicted octanol–water partition coefficient (Wildman–Crippen LogP) is 3.45. The molecule has 1 heteroatoms. The molecule has 1 nitrogen and oxygen atoms in total. The monoisotopic (exact) mass is 209 g/mol. The molecule has 0 spiro atoms. The van der Waals surface area contributed by atoms with Crippen LogP contribution in [0.3, 0.4) is 0 Å². The molecule has 2 rings (SSSR count). The van der Waals surface area contributed by atoms with Crippen LogP contribution in [0.1, 0.15) is 52.4 Å². The number of hydrogen-bond acceptors (Lipinski definition) is 1. The third-order valence-electron chi connectivity index (χ3n) is 4.42. The van der Waals surface area contributed by atoms with Crippen LogP contribution in [0.2, 0.25) is 0 Å². The van der Waals surface area contributed by atoms with Crippen molar-refractivity contribution in [3.05, 3.63) is 0 Å². The highest BCUT2D eigenvalue weighted by molar-refractivity contribution is 4.92. The molecule has 0 atom stereocenters. The smallest absolute Gasteiger partial charge is 0.00151 e. The molecular weight excluding hydrogens is 182 g/mol. The minimum absolute atomic E-state index is 0.907. The minimum Gasteiger partial charge on any atom is -0.316 e. The van der Waals surface area contributed by atoms with E-state index in [9.17, 15) is 0 Å². The van der Waals surface area contributed by atoms with Crippen LogP contribution in [-0.4, -0.2) is 13.1 Å². The van der Waals surface area contributed by atoms with E-state index in [1.165, 1.54) is 51.6 Å². The van der Waals surface area contributed by atoms with Gasteiger partial charge in [0, 0.05) is 0 Å². The molecule has 0 aromatic carbocycles. The van der Waals surface area contributed by atoms with E-state index in [1.807, 2.05) is 0 Å². The summed E-state index contributed by atoms with van der Waals surface area (Å²) in [5.74, 6) is 4.15. The molecule has 0 amide bonds. The molecule has 2 saturated carbocycles. The van der Waals surface area contributed by atoms with Gasteiger partial charge in [0.15, 0.2) is 0 Å². The average molecular weight is 209 g/mol.